The maximum atomic E-state index is 12.4. The van der Waals surface area contributed by atoms with Crippen molar-refractivity contribution >= 4 is 5.97 Å². The summed E-state index contributed by atoms with van der Waals surface area (Å²) in [6.07, 6.45) is 6.37. The molecule has 0 aliphatic heterocycles. The molecular formula is C24H42O9. The molecule has 9 nitrogen and oxygen atoms in total. The first-order chi connectivity index (χ1) is 16.2. The van der Waals surface area contributed by atoms with Gasteiger partial charge in [-0.2, -0.15) is 0 Å². The van der Waals surface area contributed by atoms with Crippen LogP contribution in [-0.4, -0.2) is 106 Å². The van der Waals surface area contributed by atoms with Gasteiger partial charge >= 0.3 is 5.97 Å². The van der Waals surface area contributed by atoms with Crippen LogP contribution in [0.3, 0.4) is 0 Å². The number of fused-ring (bicyclic) bond motifs is 2. The number of rotatable bonds is 22. The summed E-state index contributed by atoms with van der Waals surface area (Å²) in [4.78, 5) is 12.4. The molecule has 0 heterocycles. The van der Waals surface area contributed by atoms with Crippen molar-refractivity contribution in [1.82, 2.24) is 0 Å². The van der Waals surface area contributed by atoms with E-state index in [1.807, 2.05) is 6.92 Å². The zero-order chi connectivity index (χ0) is 23.6. The lowest BCUT2D eigenvalue weighted by Gasteiger charge is -2.28. The summed E-state index contributed by atoms with van der Waals surface area (Å²) < 4.78 is 42.8. The van der Waals surface area contributed by atoms with Crippen LogP contribution in [0.5, 0.6) is 0 Å². The quantitative estimate of drug-likeness (QED) is 0.132. The molecule has 2 aliphatic rings. The molecule has 0 amide bonds. The molecule has 3 atom stereocenters. The summed E-state index contributed by atoms with van der Waals surface area (Å²) in [6, 6.07) is 0. The summed E-state index contributed by atoms with van der Waals surface area (Å²) in [7, 11) is 1.64. The van der Waals surface area contributed by atoms with E-state index in [9.17, 15) is 4.79 Å². The van der Waals surface area contributed by atoms with E-state index in [0.29, 0.717) is 97.7 Å². The lowest BCUT2D eigenvalue weighted by Crippen LogP contribution is -2.34. The van der Waals surface area contributed by atoms with Gasteiger partial charge in [0.2, 0.25) is 0 Å². The number of carbonyl (C=O) groups is 1. The molecule has 0 aromatic rings. The zero-order valence-corrected chi connectivity index (χ0v) is 20.3. The fourth-order valence-electron chi connectivity index (χ4n) is 4.03. The molecule has 0 N–H and O–H groups in total. The minimum Gasteiger partial charge on any atom is -0.463 e. The molecule has 0 aromatic carbocycles. The first-order valence-electron chi connectivity index (χ1n) is 12.0. The Labute approximate surface area is 198 Å². The highest BCUT2D eigenvalue weighted by molar-refractivity contribution is 5.78. The van der Waals surface area contributed by atoms with E-state index >= 15 is 0 Å². The van der Waals surface area contributed by atoms with Crippen molar-refractivity contribution in [2.24, 2.45) is 17.3 Å². The molecule has 0 saturated heterocycles. The van der Waals surface area contributed by atoms with Crippen LogP contribution in [0, 0.1) is 17.3 Å². The monoisotopic (exact) mass is 474 g/mol. The molecular weight excluding hydrogens is 432 g/mol. The van der Waals surface area contributed by atoms with Crippen LogP contribution >= 0.6 is 0 Å². The van der Waals surface area contributed by atoms with Crippen LogP contribution in [0.15, 0.2) is 12.2 Å². The largest absolute Gasteiger partial charge is 0.463 e. The number of hydrogen-bond donors (Lipinski definition) is 0. The lowest BCUT2D eigenvalue weighted by atomic mass is 9.78. The van der Waals surface area contributed by atoms with Crippen molar-refractivity contribution in [3.05, 3.63) is 12.2 Å². The van der Waals surface area contributed by atoms with Gasteiger partial charge in [-0.3, -0.25) is 4.79 Å². The predicted octanol–water partition coefficient (Wildman–Crippen LogP) is 1.88. The van der Waals surface area contributed by atoms with Gasteiger partial charge in [0.1, 0.15) is 6.61 Å². The Balaban J connectivity index is 1.24. The standard InChI is InChI=1S/C24H42O9/c1-24(20-21-3-4-22(24)19-21)23(25)33-18-17-32-16-15-31-14-13-30-12-11-29-10-9-28-8-7-27-6-5-26-2/h3-4,21-22H,5-20H2,1-2H3. The van der Waals surface area contributed by atoms with Gasteiger partial charge in [-0.05, 0) is 31.6 Å². The minimum absolute atomic E-state index is 0.101. The van der Waals surface area contributed by atoms with Crippen LogP contribution in [0.25, 0.3) is 0 Å². The Bertz CT molecular complexity index is 542. The lowest BCUT2D eigenvalue weighted by molar-refractivity contribution is -0.158. The Morgan fingerprint density at radius 2 is 1.12 bits per heavy atom. The minimum atomic E-state index is -0.360. The third-order valence-electron chi connectivity index (χ3n) is 5.90. The number of carbonyl (C=O) groups excluding carboxylic acids is 1. The first-order valence-corrected chi connectivity index (χ1v) is 12.0. The van der Waals surface area contributed by atoms with Crippen LogP contribution in [0.1, 0.15) is 19.8 Å². The molecule has 1 fully saturated rings. The van der Waals surface area contributed by atoms with Gasteiger partial charge in [-0.25, -0.2) is 0 Å². The Morgan fingerprint density at radius 1 is 0.697 bits per heavy atom. The number of ether oxygens (including phenoxy) is 8. The molecule has 3 unspecified atom stereocenters. The topological polar surface area (TPSA) is 90.9 Å². The zero-order valence-electron chi connectivity index (χ0n) is 20.3. The second kappa shape index (κ2) is 17.4. The molecule has 0 spiro atoms. The molecule has 2 bridgehead atoms. The summed E-state index contributed by atoms with van der Waals surface area (Å²) in [5.74, 6) is 0.768. The van der Waals surface area contributed by atoms with Gasteiger partial charge in [-0.15, -0.1) is 0 Å². The summed E-state index contributed by atoms with van der Waals surface area (Å²) >= 11 is 0. The van der Waals surface area contributed by atoms with E-state index in [4.69, 9.17) is 37.9 Å². The maximum absolute atomic E-state index is 12.4. The van der Waals surface area contributed by atoms with Crippen LogP contribution < -0.4 is 0 Å². The van der Waals surface area contributed by atoms with Gasteiger partial charge in [0, 0.05) is 7.11 Å². The number of allylic oxidation sites excluding steroid dienone is 2. The molecule has 33 heavy (non-hydrogen) atoms. The Morgan fingerprint density at radius 3 is 1.48 bits per heavy atom. The van der Waals surface area contributed by atoms with Crippen molar-refractivity contribution in [2.45, 2.75) is 19.8 Å². The third kappa shape index (κ3) is 11.3. The number of esters is 1. The first kappa shape index (κ1) is 28.2. The van der Waals surface area contributed by atoms with Gasteiger partial charge in [0.15, 0.2) is 0 Å². The maximum Gasteiger partial charge on any atom is 0.312 e. The van der Waals surface area contributed by atoms with E-state index in [2.05, 4.69) is 12.2 Å². The van der Waals surface area contributed by atoms with Crippen molar-refractivity contribution in [1.29, 1.82) is 0 Å². The normalized spacial score (nSPS) is 23.5. The predicted molar refractivity (Wildman–Crippen MR) is 121 cm³/mol. The van der Waals surface area contributed by atoms with Crippen LogP contribution in [-0.2, 0) is 42.7 Å². The molecule has 0 radical (unpaired) electrons. The molecule has 9 heteroatoms. The van der Waals surface area contributed by atoms with E-state index in [1.54, 1.807) is 7.11 Å². The molecule has 2 rings (SSSR count). The third-order valence-corrected chi connectivity index (χ3v) is 5.90. The molecule has 1 saturated carbocycles. The van der Waals surface area contributed by atoms with Crippen molar-refractivity contribution in [3.63, 3.8) is 0 Å². The fraction of sp³-hybridized carbons (Fsp3) is 0.875. The van der Waals surface area contributed by atoms with E-state index in [-0.39, 0.29) is 18.0 Å². The highest BCUT2D eigenvalue weighted by atomic mass is 16.6. The summed E-state index contributed by atoms with van der Waals surface area (Å²) in [6.45, 7) is 9.02. The molecule has 2 aliphatic carbocycles. The second-order valence-electron chi connectivity index (χ2n) is 8.41. The number of methoxy groups -OCH3 is 1. The molecule has 192 valence electrons. The smallest absolute Gasteiger partial charge is 0.312 e. The van der Waals surface area contributed by atoms with Crippen LogP contribution in [0.4, 0.5) is 0 Å². The van der Waals surface area contributed by atoms with Gasteiger partial charge in [0.25, 0.3) is 0 Å². The van der Waals surface area contributed by atoms with Gasteiger partial charge in [-0.1, -0.05) is 12.2 Å². The second-order valence-corrected chi connectivity index (χ2v) is 8.41. The Kier molecular flexibility index (Phi) is 14.8. The highest BCUT2D eigenvalue weighted by Crippen LogP contribution is 2.52. The number of hydrogen-bond acceptors (Lipinski definition) is 9. The van der Waals surface area contributed by atoms with Gasteiger partial charge < -0.3 is 37.9 Å². The van der Waals surface area contributed by atoms with Crippen molar-refractivity contribution in [3.8, 4) is 0 Å². The average Bonchev–Trinajstić information content (AvgIpc) is 3.41. The van der Waals surface area contributed by atoms with Crippen LogP contribution in [0.2, 0.25) is 0 Å². The van der Waals surface area contributed by atoms with Gasteiger partial charge in [0.05, 0.1) is 91.3 Å². The highest BCUT2D eigenvalue weighted by Gasteiger charge is 2.50. The summed E-state index contributed by atoms with van der Waals surface area (Å²) in [5, 5.41) is 0. The Hall–Kier alpha value is -1.07. The van der Waals surface area contributed by atoms with Crippen molar-refractivity contribution < 1.29 is 42.7 Å². The van der Waals surface area contributed by atoms with E-state index < -0.39 is 0 Å². The van der Waals surface area contributed by atoms with Crippen molar-refractivity contribution in [2.75, 3.05) is 99.6 Å². The fourth-order valence-corrected chi connectivity index (χ4v) is 4.03. The SMILES string of the molecule is COCCOCCOCCOCCOCCOCCOCCOC(=O)C1(C)CC2C=CC1C2. The summed E-state index contributed by atoms with van der Waals surface area (Å²) in [5.41, 5.74) is -0.360. The average molecular weight is 475 g/mol. The van der Waals surface area contributed by atoms with E-state index in [1.165, 1.54) is 0 Å². The molecule has 0 aromatic heterocycles. The van der Waals surface area contributed by atoms with E-state index in [0.717, 1.165) is 12.8 Å².